The van der Waals surface area contributed by atoms with Crippen LogP contribution in [-0.4, -0.2) is 13.1 Å². The third-order valence-electron chi connectivity index (χ3n) is 1.66. The molecule has 0 unspecified atom stereocenters. The lowest BCUT2D eigenvalue weighted by atomic mass is 10.1. The van der Waals surface area contributed by atoms with Gasteiger partial charge < -0.3 is 10.5 Å². The molecule has 1 aromatic carbocycles. The molecule has 0 aromatic heterocycles. The maximum Gasteiger partial charge on any atom is 0.327 e. The summed E-state index contributed by atoms with van der Waals surface area (Å²) in [4.78, 5) is 11.1. The van der Waals surface area contributed by atoms with Crippen LogP contribution in [0.5, 0.6) is 0 Å². The van der Waals surface area contributed by atoms with E-state index in [1.54, 1.807) is 12.1 Å². The first kappa shape index (κ1) is 10.2. The number of hydrogen-bond acceptors (Lipinski definition) is 3. The van der Waals surface area contributed by atoms with Gasteiger partial charge in [-0.15, -0.1) is 0 Å². The molecule has 1 aromatic rings. The first-order chi connectivity index (χ1) is 6.15. The fourth-order valence-corrected chi connectivity index (χ4v) is 1.38. The molecule has 3 nitrogen and oxygen atoms in total. The average molecular weight is 244 g/mol. The predicted molar refractivity (Wildman–Crippen MR) is 53.1 cm³/mol. The SMILES string of the molecule is COC(=O)[C@@H](N)c1cccc(Br)c1. The summed E-state index contributed by atoms with van der Waals surface area (Å²) >= 11 is 3.29. The minimum Gasteiger partial charge on any atom is -0.468 e. The summed E-state index contributed by atoms with van der Waals surface area (Å²) in [6.07, 6.45) is 0. The summed E-state index contributed by atoms with van der Waals surface area (Å²) in [5.41, 5.74) is 6.36. The number of nitrogens with two attached hydrogens (primary N) is 1. The molecule has 0 aliphatic heterocycles. The van der Waals surface area contributed by atoms with Crippen molar-refractivity contribution in [3.05, 3.63) is 34.3 Å². The minimum absolute atomic E-state index is 0.432. The zero-order valence-electron chi connectivity index (χ0n) is 7.16. The quantitative estimate of drug-likeness (QED) is 0.804. The second kappa shape index (κ2) is 4.39. The van der Waals surface area contributed by atoms with Crippen LogP contribution in [0.2, 0.25) is 0 Å². The first-order valence-electron chi connectivity index (χ1n) is 3.74. The largest absolute Gasteiger partial charge is 0.468 e. The van der Waals surface area contributed by atoms with E-state index >= 15 is 0 Å². The predicted octanol–water partition coefficient (Wildman–Crippen LogP) is 1.62. The van der Waals surface area contributed by atoms with Gasteiger partial charge in [0.15, 0.2) is 0 Å². The normalized spacial score (nSPS) is 12.2. The van der Waals surface area contributed by atoms with Gasteiger partial charge in [0.25, 0.3) is 0 Å². The van der Waals surface area contributed by atoms with E-state index in [4.69, 9.17) is 5.73 Å². The smallest absolute Gasteiger partial charge is 0.327 e. The van der Waals surface area contributed by atoms with Gasteiger partial charge in [-0.1, -0.05) is 28.1 Å². The monoisotopic (exact) mass is 243 g/mol. The van der Waals surface area contributed by atoms with Crippen LogP contribution < -0.4 is 5.73 Å². The Kier molecular flexibility index (Phi) is 3.45. The maximum absolute atomic E-state index is 11.1. The third kappa shape index (κ3) is 2.54. The lowest BCUT2D eigenvalue weighted by molar-refractivity contribution is -0.142. The Balaban J connectivity index is 2.88. The molecule has 2 N–H and O–H groups in total. The van der Waals surface area contributed by atoms with Crippen molar-refractivity contribution in [1.29, 1.82) is 0 Å². The number of carbonyl (C=O) groups excluding carboxylic acids is 1. The molecule has 13 heavy (non-hydrogen) atoms. The summed E-state index contributed by atoms with van der Waals surface area (Å²) in [7, 11) is 1.32. The summed E-state index contributed by atoms with van der Waals surface area (Å²) in [6, 6.07) is 6.56. The van der Waals surface area contributed by atoms with Crippen LogP contribution in [-0.2, 0) is 9.53 Å². The maximum atomic E-state index is 11.1. The summed E-state index contributed by atoms with van der Waals surface area (Å²) in [5, 5.41) is 0. The van der Waals surface area contributed by atoms with E-state index in [-0.39, 0.29) is 0 Å². The molecule has 0 heterocycles. The number of carbonyl (C=O) groups is 1. The zero-order valence-corrected chi connectivity index (χ0v) is 8.74. The van der Waals surface area contributed by atoms with Gasteiger partial charge in [0, 0.05) is 4.47 Å². The molecule has 0 radical (unpaired) electrons. The van der Waals surface area contributed by atoms with Gasteiger partial charge in [-0.05, 0) is 17.7 Å². The van der Waals surface area contributed by atoms with Crippen molar-refractivity contribution in [2.75, 3.05) is 7.11 Å². The molecule has 0 aliphatic rings. The van der Waals surface area contributed by atoms with Crippen LogP contribution in [0.1, 0.15) is 11.6 Å². The van der Waals surface area contributed by atoms with E-state index in [1.807, 2.05) is 12.1 Å². The van der Waals surface area contributed by atoms with Gasteiger partial charge in [-0.25, -0.2) is 0 Å². The number of halogens is 1. The van der Waals surface area contributed by atoms with Crippen molar-refractivity contribution in [3.63, 3.8) is 0 Å². The topological polar surface area (TPSA) is 52.3 Å². The van der Waals surface area contributed by atoms with Gasteiger partial charge in [0.2, 0.25) is 0 Å². The molecule has 0 bridgehead atoms. The molecule has 1 rings (SSSR count). The molecule has 0 saturated heterocycles. The summed E-state index contributed by atoms with van der Waals surface area (Å²) in [6.45, 7) is 0. The standard InChI is InChI=1S/C9H10BrNO2/c1-13-9(12)8(11)6-3-2-4-7(10)5-6/h2-5,8H,11H2,1H3/t8-/m0/s1. The van der Waals surface area contributed by atoms with Gasteiger partial charge in [0.05, 0.1) is 7.11 Å². The Hall–Kier alpha value is -0.870. The van der Waals surface area contributed by atoms with Gasteiger partial charge in [-0.2, -0.15) is 0 Å². The third-order valence-corrected chi connectivity index (χ3v) is 2.16. The number of ether oxygens (including phenoxy) is 1. The molecular formula is C9H10BrNO2. The van der Waals surface area contributed by atoms with Crippen LogP contribution in [0.15, 0.2) is 28.7 Å². The lowest BCUT2D eigenvalue weighted by Crippen LogP contribution is -2.22. The van der Waals surface area contributed by atoms with Crippen molar-refractivity contribution in [1.82, 2.24) is 0 Å². The Bertz CT molecular complexity index is 314. The number of rotatable bonds is 2. The molecular weight excluding hydrogens is 234 g/mol. The van der Waals surface area contributed by atoms with Crippen molar-refractivity contribution in [2.45, 2.75) is 6.04 Å². The van der Waals surface area contributed by atoms with Crippen molar-refractivity contribution < 1.29 is 9.53 Å². The molecule has 0 fully saturated rings. The van der Waals surface area contributed by atoms with Crippen LogP contribution in [0, 0.1) is 0 Å². The van der Waals surface area contributed by atoms with E-state index in [0.29, 0.717) is 0 Å². The Morgan fingerprint density at radius 1 is 1.62 bits per heavy atom. The number of methoxy groups -OCH3 is 1. The first-order valence-corrected chi connectivity index (χ1v) is 4.53. The highest BCUT2D eigenvalue weighted by Gasteiger charge is 2.15. The Morgan fingerprint density at radius 3 is 2.85 bits per heavy atom. The number of esters is 1. The summed E-state index contributed by atoms with van der Waals surface area (Å²) < 4.78 is 5.42. The fourth-order valence-electron chi connectivity index (χ4n) is 0.963. The van der Waals surface area contributed by atoms with E-state index in [1.165, 1.54) is 7.11 Å². The highest BCUT2D eigenvalue weighted by Crippen LogP contribution is 2.17. The highest BCUT2D eigenvalue weighted by atomic mass is 79.9. The number of hydrogen-bond donors (Lipinski definition) is 1. The van der Waals surface area contributed by atoms with E-state index in [0.717, 1.165) is 10.0 Å². The molecule has 1 atom stereocenters. The average Bonchev–Trinajstić information content (AvgIpc) is 2.15. The second-order valence-electron chi connectivity index (χ2n) is 2.56. The Labute approximate surface area is 85.0 Å². The molecule has 70 valence electrons. The van der Waals surface area contributed by atoms with Gasteiger partial charge >= 0.3 is 5.97 Å². The molecule has 0 spiro atoms. The highest BCUT2D eigenvalue weighted by molar-refractivity contribution is 9.10. The van der Waals surface area contributed by atoms with Crippen LogP contribution in [0.25, 0.3) is 0 Å². The van der Waals surface area contributed by atoms with Gasteiger partial charge in [0.1, 0.15) is 6.04 Å². The molecule has 0 saturated carbocycles. The van der Waals surface area contributed by atoms with Crippen molar-refractivity contribution in [2.24, 2.45) is 5.73 Å². The van der Waals surface area contributed by atoms with E-state index in [9.17, 15) is 4.79 Å². The lowest BCUT2D eigenvalue weighted by Gasteiger charge is -2.09. The molecule has 0 aliphatic carbocycles. The Morgan fingerprint density at radius 2 is 2.31 bits per heavy atom. The second-order valence-corrected chi connectivity index (χ2v) is 3.47. The van der Waals surface area contributed by atoms with Gasteiger partial charge in [-0.3, -0.25) is 4.79 Å². The van der Waals surface area contributed by atoms with Crippen molar-refractivity contribution in [3.8, 4) is 0 Å². The van der Waals surface area contributed by atoms with Crippen LogP contribution >= 0.6 is 15.9 Å². The van der Waals surface area contributed by atoms with E-state index < -0.39 is 12.0 Å². The van der Waals surface area contributed by atoms with Crippen LogP contribution in [0.4, 0.5) is 0 Å². The number of benzene rings is 1. The van der Waals surface area contributed by atoms with Crippen LogP contribution in [0.3, 0.4) is 0 Å². The fraction of sp³-hybridized carbons (Fsp3) is 0.222. The minimum atomic E-state index is -0.706. The molecule has 0 amide bonds. The summed E-state index contributed by atoms with van der Waals surface area (Å²) in [5.74, 6) is -0.432. The zero-order chi connectivity index (χ0) is 9.84. The van der Waals surface area contributed by atoms with E-state index in [2.05, 4.69) is 20.7 Å². The molecule has 4 heteroatoms. The van der Waals surface area contributed by atoms with Crippen molar-refractivity contribution >= 4 is 21.9 Å².